The van der Waals surface area contributed by atoms with Crippen LogP contribution in [0.3, 0.4) is 0 Å². The third-order valence-corrected chi connectivity index (χ3v) is 3.85. The third kappa shape index (κ3) is 3.76. The number of hydrogen-bond acceptors (Lipinski definition) is 3. The highest BCUT2D eigenvalue weighted by Crippen LogP contribution is 2.24. The van der Waals surface area contributed by atoms with Gasteiger partial charge < -0.3 is 10.5 Å². The maximum atomic E-state index is 6.35. The van der Waals surface area contributed by atoms with E-state index in [1.54, 1.807) is 0 Å². The fourth-order valence-electron chi connectivity index (χ4n) is 2.52. The monoisotopic (exact) mass is 304 g/mol. The lowest BCUT2D eigenvalue weighted by Gasteiger charge is -2.15. The van der Waals surface area contributed by atoms with Gasteiger partial charge in [0, 0.05) is 12.3 Å². The van der Waals surface area contributed by atoms with Gasteiger partial charge in [-0.15, -0.1) is 0 Å². The van der Waals surface area contributed by atoms with E-state index in [0.29, 0.717) is 12.5 Å². The van der Waals surface area contributed by atoms with E-state index in [1.807, 2.05) is 79.9 Å². The summed E-state index contributed by atoms with van der Waals surface area (Å²) in [6, 6.07) is 21.9. The van der Waals surface area contributed by atoms with Crippen molar-refractivity contribution in [3.8, 4) is 5.88 Å². The van der Waals surface area contributed by atoms with Gasteiger partial charge >= 0.3 is 0 Å². The molecule has 116 valence electrons. The molecule has 0 amide bonds. The number of benzene rings is 2. The maximum Gasteiger partial charge on any atom is 0.213 e. The molecule has 2 N–H and O–H groups in total. The van der Waals surface area contributed by atoms with Gasteiger partial charge in [-0.05, 0) is 29.2 Å². The number of nitrogens with two attached hydrogens (primary N) is 1. The molecule has 0 aliphatic rings. The predicted octanol–water partition coefficient (Wildman–Crippen LogP) is 4.02. The van der Waals surface area contributed by atoms with Crippen molar-refractivity contribution in [1.82, 2.24) is 4.98 Å². The lowest BCUT2D eigenvalue weighted by atomic mass is 9.98. The topological polar surface area (TPSA) is 48.1 Å². The zero-order valence-electron chi connectivity index (χ0n) is 13.1. The Morgan fingerprint density at radius 2 is 1.65 bits per heavy atom. The molecule has 23 heavy (non-hydrogen) atoms. The van der Waals surface area contributed by atoms with Crippen molar-refractivity contribution in [2.75, 3.05) is 0 Å². The molecule has 3 aromatic rings. The number of ether oxygens (including phenoxy) is 1. The largest absolute Gasteiger partial charge is 0.473 e. The summed E-state index contributed by atoms with van der Waals surface area (Å²) in [6.07, 6.45) is 1.81. The molecule has 1 heterocycles. The van der Waals surface area contributed by atoms with Gasteiger partial charge in [-0.25, -0.2) is 4.98 Å². The van der Waals surface area contributed by atoms with Crippen molar-refractivity contribution in [3.63, 3.8) is 0 Å². The molecule has 0 saturated heterocycles. The molecule has 1 unspecified atom stereocenters. The smallest absolute Gasteiger partial charge is 0.213 e. The van der Waals surface area contributed by atoms with Crippen LogP contribution in [0.2, 0.25) is 0 Å². The molecule has 0 bridgehead atoms. The Bertz CT molecular complexity index is 757. The molecule has 0 spiro atoms. The molecule has 0 radical (unpaired) electrons. The van der Waals surface area contributed by atoms with Gasteiger partial charge in [-0.3, -0.25) is 0 Å². The lowest BCUT2D eigenvalue weighted by molar-refractivity contribution is 0.293. The quantitative estimate of drug-likeness (QED) is 0.774. The van der Waals surface area contributed by atoms with Gasteiger partial charge in [0.05, 0.1) is 6.04 Å². The Labute approximate surface area is 136 Å². The summed E-state index contributed by atoms with van der Waals surface area (Å²) in [6.45, 7) is 2.55. The summed E-state index contributed by atoms with van der Waals surface area (Å²) in [7, 11) is 0. The molecule has 0 aliphatic carbocycles. The molecule has 0 fully saturated rings. The van der Waals surface area contributed by atoms with Crippen molar-refractivity contribution < 1.29 is 4.74 Å². The highest BCUT2D eigenvalue weighted by atomic mass is 16.5. The fourth-order valence-corrected chi connectivity index (χ4v) is 2.52. The maximum absolute atomic E-state index is 6.35. The average Bonchev–Trinajstić information content (AvgIpc) is 2.61. The average molecular weight is 304 g/mol. The van der Waals surface area contributed by atoms with Crippen LogP contribution in [0.5, 0.6) is 5.88 Å². The third-order valence-electron chi connectivity index (χ3n) is 3.85. The summed E-state index contributed by atoms with van der Waals surface area (Å²) in [5.41, 5.74) is 10.7. The summed E-state index contributed by atoms with van der Waals surface area (Å²) in [4.78, 5) is 4.40. The van der Waals surface area contributed by atoms with E-state index in [-0.39, 0.29) is 6.04 Å². The number of aromatic nitrogens is 1. The zero-order valence-corrected chi connectivity index (χ0v) is 13.1. The first-order chi connectivity index (χ1) is 11.2. The second kappa shape index (κ2) is 7.07. The van der Waals surface area contributed by atoms with Crippen molar-refractivity contribution in [2.45, 2.75) is 19.6 Å². The molecule has 3 nitrogen and oxygen atoms in total. The first-order valence-electron chi connectivity index (χ1n) is 7.68. The Morgan fingerprint density at radius 3 is 2.30 bits per heavy atom. The van der Waals surface area contributed by atoms with Crippen LogP contribution in [-0.2, 0) is 6.61 Å². The second-order valence-electron chi connectivity index (χ2n) is 5.54. The first kappa shape index (κ1) is 15.3. The van der Waals surface area contributed by atoms with Crippen LogP contribution in [-0.4, -0.2) is 4.98 Å². The highest BCUT2D eigenvalue weighted by Gasteiger charge is 2.12. The molecule has 1 aromatic heterocycles. The minimum Gasteiger partial charge on any atom is -0.473 e. The molecule has 2 aromatic carbocycles. The summed E-state index contributed by atoms with van der Waals surface area (Å²) < 4.78 is 5.76. The zero-order chi connectivity index (χ0) is 16.1. The Hall–Kier alpha value is -2.65. The van der Waals surface area contributed by atoms with Gasteiger partial charge in [-0.2, -0.15) is 0 Å². The van der Waals surface area contributed by atoms with Crippen LogP contribution in [0.25, 0.3) is 0 Å². The number of rotatable bonds is 5. The second-order valence-corrected chi connectivity index (χ2v) is 5.54. The van der Waals surface area contributed by atoms with E-state index in [1.165, 1.54) is 0 Å². The summed E-state index contributed by atoms with van der Waals surface area (Å²) >= 11 is 0. The fraction of sp³-hybridized carbons (Fsp3) is 0.150. The van der Waals surface area contributed by atoms with E-state index in [2.05, 4.69) is 4.98 Å². The molecule has 0 saturated carbocycles. The highest BCUT2D eigenvalue weighted by molar-refractivity contribution is 5.37. The van der Waals surface area contributed by atoms with E-state index in [4.69, 9.17) is 10.5 Å². The minimum absolute atomic E-state index is 0.174. The van der Waals surface area contributed by atoms with Gasteiger partial charge in [0.15, 0.2) is 0 Å². The van der Waals surface area contributed by atoms with Crippen LogP contribution in [0, 0.1) is 6.92 Å². The Balaban J connectivity index is 1.73. The summed E-state index contributed by atoms with van der Waals surface area (Å²) in [5.74, 6) is 0.621. The lowest BCUT2D eigenvalue weighted by Crippen LogP contribution is -2.13. The van der Waals surface area contributed by atoms with E-state index >= 15 is 0 Å². The molecular weight excluding hydrogens is 284 g/mol. The number of nitrogens with zero attached hydrogens (tertiary/aromatic N) is 1. The van der Waals surface area contributed by atoms with Crippen LogP contribution in [0.4, 0.5) is 0 Å². The number of hydrogen-bond donors (Lipinski definition) is 1. The van der Waals surface area contributed by atoms with Crippen molar-refractivity contribution in [1.29, 1.82) is 0 Å². The molecule has 0 aliphatic heterocycles. The van der Waals surface area contributed by atoms with Crippen LogP contribution < -0.4 is 10.5 Å². The van der Waals surface area contributed by atoms with E-state index in [9.17, 15) is 0 Å². The molecular formula is C20H20N2O. The normalized spacial score (nSPS) is 11.9. The van der Waals surface area contributed by atoms with E-state index in [0.717, 1.165) is 22.3 Å². The van der Waals surface area contributed by atoms with Crippen molar-refractivity contribution in [3.05, 3.63) is 95.2 Å². The number of pyridine rings is 1. The van der Waals surface area contributed by atoms with E-state index < -0.39 is 0 Å². The number of aryl methyl sites for hydroxylation is 1. The van der Waals surface area contributed by atoms with Crippen LogP contribution in [0.15, 0.2) is 72.9 Å². The Kier molecular flexibility index (Phi) is 4.69. The SMILES string of the molecule is Cc1cc(OCc2ccccc2)ncc1C(N)c1ccccc1. The Morgan fingerprint density at radius 1 is 1.00 bits per heavy atom. The van der Waals surface area contributed by atoms with Gasteiger partial charge in [-0.1, -0.05) is 60.7 Å². The first-order valence-corrected chi connectivity index (χ1v) is 7.68. The van der Waals surface area contributed by atoms with Gasteiger partial charge in [0.1, 0.15) is 6.61 Å². The molecule has 1 atom stereocenters. The standard InChI is InChI=1S/C20H20N2O/c1-15-12-19(23-14-16-8-4-2-5-9-16)22-13-18(15)20(21)17-10-6-3-7-11-17/h2-13,20H,14,21H2,1H3. The van der Waals surface area contributed by atoms with Crippen molar-refractivity contribution >= 4 is 0 Å². The molecule has 3 heteroatoms. The van der Waals surface area contributed by atoms with Crippen LogP contribution >= 0.6 is 0 Å². The van der Waals surface area contributed by atoms with Crippen molar-refractivity contribution in [2.24, 2.45) is 5.73 Å². The molecule has 3 rings (SSSR count). The summed E-state index contributed by atoms with van der Waals surface area (Å²) in [5, 5.41) is 0. The minimum atomic E-state index is -0.174. The van der Waals surface area contributed by atoms with Gasteiger partial charge in [0.25, 0.3) is 0 Å². The van der Waals surface area contributed by atoms with Crippen LogP contribution in [0.1, 0.15) is 28.3 Å². The predicted molar refractivity (Wildman–Crippen MR) is 92.2 cm³/mol. The van der Waals surface area contributed by atoms with Gasteiger partial charge in [0.2, 0.25) is 5.88 Å².